The van der Waals surface area contributed by atoms with Gasteiger partial charge in [0.1, 0.15) is 5.75 Å². The lowest BCUT2D eigenvalue weighted by atomic mass is 9.87. The molecular weight excluding hydrogens is 329 g/mol. The molecule has 3 nitrogen and oxygen atoms in total. The molecule has 0 unspecified atom stereocenters. The summed E-state index contributed by atoms with van der Waals surface area (Å²) in [5.74, 6) is -0.904. The fraction of sp³-hybridized carbons (Fsp3) is 0.263. The van der Waals surface area contributed by atoms with Crippen LogP contribution in [0.4, 0.5) is 13.2 Å². The monoisotopic (exact) mass is 346 g/mol. The molecule has 0 aliphatic heterocycles. The summed E-state index contributed by atoms with van der Waals surface area (Å²) < 4.78 is 44.8. The van der Waals surface area contributed by atoms with E-state index in [-0.39, 0.29) is 16.8 Å². The van der Waals surface area contributed by atoms with E-state index in [2.05, 4.69) is 30.7 Å². The van der Waals surface area contributed by atoms with E-state index in [1.807, 2.05) is 12.1 Å². The van der Waals surface area contributed by atoms with Gasteiger partial charge in [-0.2, -0.15) is 18.2 Å². The Labute approximate surface area is 143 Å². The van der Waals surface area contributed by atoms with E-state index in [4.69, 9.17) is 4.74 Å². The molecule has 0 saturated heterocycles. The highest BCUT2D eigenvalue weighted by Gasteiger charge is 2.35. The molecule has 0 aliphatic carbocycles. The second-order valence-corrected chi connectivity index (χ2v) is 6.74. The molecule has 25 heavy (non-hydrogen) atoms. The number of ether oxygens (including phenoxy) is 1. The van der Waals surface area contributed by atoms with E-state index in [0.717, 1.165) is 5.56 Å². The predicted octanol–water partition coefficient (Wildman–Crippen LogP) is 5.74. The molecule has 0 amide bonds. The molecule has 2 aromatic carbocycles. The van der Waals surface area contributed by atoms with Crippen molar-refractivity contribution in [2.75, 3.05) is 0 Å². The summed E-state index contributed by atoms with van der Waals surface area (Å²) in [6.07, 6.45) is -4.64. The van der Waals surface area contributed by atoms with Gasteiger partial charge < -0.3 is 4.74 Å². The van der Waals surface area contributed by atoms with Gasteiger partial charge in [-0.15, -0.1) is 0 Å². The van der Waals surface area contributed by atoms with Gasteiger partial charge >= 0.3 is 6.18 Å². The third-order valence-electron chi connectivity index (χ3n) is 3.76. The van der Waals surface area contributed by atoms with Crippen LogP contribution in [-0.4, -0.2) is 9.97 Å². The second kappa shape index (κ2) is 6.02. The van der Waals surface area contributed by atoms with Crippen LogP contribution in [0.3, 0.4) is 0 Å². The zero-order valence-corrected chi connectivity index (χ0v) is 14.1. The number of rotatable bonds is 2. The molecule has 130 valence electrons. The molecule has 0 N–H and O–H groups in total. The maximum absolute atomic E-state index is 13.0. The first kappa shape index (κ1) is 17.2. The van der Waals surface area contributed by atoms with Gasteiger partial charge in [0.2, 0.25) is 11.7 Å². The smallest absolute Gasteiger partial charge is 0.438 e. The average molecular weight is 346 g/mol. The van der Waals surface area contributed by atoms with E-state index in [1.165, 1.54) is 6.07 Å². The minimum atomic E-state index is -4.64. The highest BCUT2D eigenvalue weighted by Crippen LogP contribution is 2.33. The van der Waals surface area contributed by atoms with Crippen LogP contribution in [0.15, 0.2) is 48.5 Å². The van der Waals surface area contributed by atoms with Crippen molar-refractivity contribution in [3.8, 4) is 11.6 Å². The van der Waals surface area contributed by atoms with Crippen LogP contribution in [-0.2, 0) is 11.6 Å². The maximum atomic E-state index is 13.0. The molecule has 0 radical (unpaired) electrons. The van der Waals surface area contributed by atoms with Crippen molar-refractivity contribution in [1.82, 2.24) is 9.97 Å². The van der Waals surface area contributed by atoms with Gasteiger partial charge in [-0.1, -0.05) is 45.0 Å². The number of aromatic nitrogens is 2. The van der Waals surface area contributed by atoms with Crippen LogP contribution in [0.1, 0.15) is 32.2 Å². The van der Waals surface area contributed by atoms with Crippen LogP contribution in [0, 0.1) is 0 Å². The number of fused-ring (bicyclic) bond motifs is 1. The molecule has 0 spiro atoms. The van der Waals surface area contributed by atoms with Crippen LogP contribution < -0.4 is 4.74 Å². The average Bonchev–Trinajstić information content (AvgIpc) is 2.53. The standard InChI is InChI=1S/C19H17F3N2O/c1-18(2,3)12-8-10-13(11-9-12)25-16-14-6-4-5-7-15(14)23-17(24-16)19(20,21)22/h4-11H,1-3H3. The Kier molecular flexibility index (Phi) is 4.14. The predicted molar refractivity (Wildman–Crippen MR) is 89.8 cm³/mol. The third kappa shape index (κ3) is 3.73. The van der Waals surface area contributed by atoms with Gasteiger partial charge in [-0.05, 0) is 35.2 Å². The van der Waals surface area contributed by atoms with Crippen LogP contribution >= 0.6 is 0 Å². The fourth-order valence-corrected chi connectivity index (χ4v) is 2.39. The van der Waals surface area contributed by atoms with Crippen LogP contribution in [0.2, 0.25) is 0 Å². The fourth-order valence-electron chi connectivity index (χ4n) is 2.39. The van der Waals surface area contributed by atoms with E-state index < -0.39 is 12.0 Å². The second-order valence-electron chi connectivity index (χ2n) is 6.74. The van der Waals surface area contributed by atoms with Crippen molar-refractivity contribution in [1.29, 1.82) is 0 Å². The normalized spacial score (nSPS) is 12.4. The molecule has 0 bridgehead atoms. The number of nitrogens with zero attached hydrogens (tertiary/aromatic N) is 2. The third-order valence-corrected chi connectivity index (χ3v) is 3.76. The van der Waals surface area contributed by atoms with E-state index in [9.17, 15) is 13.2 Å². The number of halogens is 3. The van der Waals surface area contributed by atoms with E-state index in [1.54, 1.807) is 30.3 Å². The number of hydrogen-bond donors (Lipinski definition) is 0. The van der Waals surface area contributed by atoms with Gasteiger partial charge in [0.15, 0.2) is 0 Å². The molecule has 0 saturated carbocycles. The quantitative estimate of drug-likeness (QED) is 0.593. The lowest BCUT2D eigenvalue weighted by molar-refractivity contribution is -0.144. The van der Waals surface area contributed by atoms with Gasteiger partial charge in [-0.3, -0.25) is 0 Å². The minimum Gasteiger partial charge on any atom is -0.438 e. The number of para-hydroxylation sites is 1. The Morgan fingerprint density at radius 3 is 2.08 bits per heavy atom. The van der Waals surface area contributed by atoms with Crippen molar-refractivity contribution < 1.29 is 17.9 Å². The number of alkyl halides is 3. The van der Waals surface area contributed by atoms with Crippen LogP contribution in [0.5, 0.6) is 11.6 Å². The van der Waals surface area contributed by atoms with Gasteiger partial charge in [0.05, 0.1) is 10.9 Å². The number of benzene rings is 2. The lowest BCUT2D eigenvalue weighted by Crippen LogP contribution is -2.12. The molecule has 0 fully saturated rings. The molecule has 1 heterocycles. The van der Waals surface area contributed by atoms with Crippen molar-refractivity contribution >= 4 is 10.9 Å². The lowest BCUT2D eigenvalue weighted by Gasteiger charge is -2.19. The Hall–Kier alpha value is -2.63. The highest BCUT2D eigenvalue weighted by molar-refractivity contribution is 5.83. The summed E-state index contributed by atoms with van der Waals surface area (Å²) in [6, 6.07) is 13.7. The number of hydrogen-bond acceptors (Lipinski definition) is 3. The highest BCUT2D eigenvalue weighted by atomic mass is 19.4. The van der Waals surface area contributed by atoms with Crippen molar-refractivity contribution in [2.45, 2.75) is 32.4 Å². The largest absolute Gasteiger partial charge is 0.451 e. The van der Waals surface area contributed by atoms with Crippen molar-refractivity contribution in [3.63, 3.8) is 0 Å². The molecule has 0 atom stereocenters. The molecule has 0 aliphatic rings. The van der Waals surface area contributed by atoms with Gasteiger partial charge in [-0.25, -0.2) is 4.98 Å². The molecule has 3 rings (SSSR count). The molecule has 3 aromatic rings. The van der Waals surface area contributed by atoms with Crippen molar-refractivity contribution in [2.24, 2.45) is 0 Å². The Balaban J connectivity index is 2.03. The van der Waals surface area contributed by atoms with Gasteiger partial charge in [0.25, 0.3) is 0 Å². The molecule has 6 heteroatoms. The summed E-state index contributed by atoms with van der Waals surface area (Å²) in [4.78, 5) is 7.16. The van der Waals surface area contributed by atoms with Gasteiger partial charge in [0, 0.05) is 0 Å². The minimum absolute atomic E-state index is 0.0242. The SMILES string of the molecule is CC(C)(C)c1ccc(Oc2nc(C(F)(F)F)nc3ccccc23)cc1. The summed E-state index contributed by atoms with van der Waals surface area (Å²) in [5, 5.41) is 0.426. The first-order chi connectivity index (χ1) is 11.6. The molecular formula is C19H17F3N2O. The summed E-state index contributed by atoms with van der Waals surface area (Å²) in [6.45, 7) is 6.24. The topological polar surface area (TPSA) is 35.0 Å². The molecule has 1 aromatic heterocycles. The maximum Gasteiger partial charge on any atom is 0.451 e. The Bertz CT molecular complexity index is 897. The van der Waals surface area contributed by atoms with Crippen molar-refractivity contribution in [3.05, 3.63) is 59.9 Å². The first-order valence-electron chi connectivity index (χ1n) is 7.77. The Morgan fingerprint density at radius 1 is 0.840 bits per heavy atom. The summed E-state index contributed by atoms with van der Waals surface area (Å²) in [5.41, 5.74) is 1.26. The summed E-state index contributed by atoms with van der Waals surface area (Å²) >= 11 is 0. The van der Waals surface area contributed by atoms with E-state index >= 15 is 0 Å². The van der Waals surface area contributed by atoms with E-state index in [0.29, 0.717) is 11.1 Å². The van der Waals surface area contributed by atoms with Crippen LogP contribution in [0.25, 0.3) is 10.9 Å². The Morgan fingerprint density at radius 2 is 1.48 bits per heavy atom. The zero-order valence-electron chi connectivity index (χ0n) is 14.1. The first-order valence-corrected chi connectivity index (χ1v) is 7.77. The summed E-state index contributed by atoms with van der Waals surface area (Å²) in [7, 11) is 0. The zero-order chi connectivity index (χ0) is 18.2.